The predicted molar refractivity (Wildman–Crippen MR) is 71.4 cm³/mol. The van der Waals surface area contributed by atoms with Gasteiger partial charge in [0.1, 0.15) is 11.6 Å². The number of carbonyl (C=O) groups is 1. The molecule has 2 aromatic rings. The number of carbonyl (C=O) groups excluding carboxylic acids is 1. The molecule has 1 saturated carbocycles. The highest BCUT2D eigenvalue weighted by Gasteiger charge is 2.24. The second kappa shape index (κ2) is 4.56. The molecule has 1 aliphatic rings. The van der Waals surface area contributed by atoms with Gasteiger partial charge >= 0.3 is 0 Å². The summed E-state index contributed by atoms with van der Waals surface area (Å²) in [5, 5.41) is 0. The maximum atomic E-state index is 12.2. The Morgan fingerprint density at radius 1 is 1.33 bits per heavy atom. The van der Waals surface area contributed by atoms with E-state index in [1.54, 1.807) is 0 Å². The number of Topliss-reactive ketones (excluding diaryl/α,β-unsaturated/α-hetero) is 1. The minimum atomic E-state index is 0.282. The highest BCUT2D eigenvalue weighted by Crippen LogP contribution is 2.26. The summed E-state index contributed by atoms with van der Waals surface area (Å²) >= 11 is 0. The first-order chi connectivity index (χ1) is 8.75. The van der Waals surface area contributed by atoms with Crippen molar-refractivity contribution in [2.45, 2.75) is 32.1 Å². The van der Waals surface area contributed by atoms with Crippen LogP contribution in [-0.4, -0.2) is 15.3 Å². The van der Waals surface area contributed by atoms with Crippen molar-refractivity contribution < 1.29 is 4.79 Å². The zero-order chi connectivity index (χ0) is 12.5. The first kappa shape index (κ1) is 11.5. The highest BCUT2D eigenvalue weighted by molar-refractivity contribution is 5.84. The number of para-hydroxylation sites is 2. The molecule has 1 aromatic carbocycles. The van der Waals surface area contributed by atoms with Gasteiger partial charge in [0.05, 0.1) is 17.5 Å². The van der Waals surface area contributed by atoms with Crippen LogP contribution in [0.3, 0.4) is 0 Å². The van der Waals surface area contributed by atoms with Gasteiger partial charge in [0, 0.05) is 13.0 Å². The van der Waals surface area contributed by atoms with Gasteiger partial charge in [-0.25, -0.2) is 4.98 Å². The summed E-state index contributed by atoms with van der Waals surface area (Å²) < 4.78 is 2.04. The van der Waals surface area contributed by atoms with Crippen molar-refractivity contribution >= 4 is 16.8 Å². The van der Waals surface area contributed by atoms with E-state index in [9.17, 15) is 4.79 Å². The molecule has 1 aliphatic carbocycles. The van der Waals surface area contributed by atoms with E-state index >= 15 is 0 Å². The van der Waals surface area contributed by atoms with Crippen LogP contribution in [0.25, 0.3) is 11.0 Å². The minimum absolute atomic E-state index is 0.282. The van der Waals surface area contributed by atoms with Crippen molar-refractivity contribution in [3.05, 3.63) is 30.1 Å². The van der Waals surface area contributed by atoms with Crippen molar-refractivity contribution in [1.82, 2.24) is 9.55 Å². The molecule has 0 atom stereocenters. The summed E-state index contributed by atoms with van der Waals surface area (Å²) in [5.74, 6) is 1.55. The molecule has 0 amide bonds. The monoisotopic (exact) mass is 242 g/mol. The van der Waals surface area contributed by atoms with Crippen molar-refractivity contribution in [3.8, 4) is 0 Å². The number of nitrogens with zero attached hydrogens (tertiary/aromatic N) is 2. The topological polar surface area (TPSA) is 34.9 Å². The third-order valence-corrected chi connectivity index (χ3v) is 4.02. The van der Waals surface area contributed by atoms with E-state index in [1.165, 1.54) is 12.8 Å². The zero-order valence-electron chi connectivity index (χ0n) is 10.7. The van der Waals surface area contributed by atoms with Crippen LogP contribution in [0.4, 0.5) is 0 Å². The Balaban J connectivity index is 1.86. The molecule has 0 saturated heterocycles. The van der Waals surface area contributed by atoms with E-state index in [2.05, 4.69) is 4.98 Å². The zero-order valence-corrected chi connectivity index (χ0v) is 10.7. The molecule has 0 bridgehead atoms. The maximum absolute atomic E-state index is 12.2. The van der Waals surface area contributed by atoms with Crippen LogP contribution in [0.5, 0.6) is 0 Å². The first-order valence-electron chi connectivity index (χ1n) is 6.69. The molecule has 0 N–H and O–H groups in total. The van der Waals surface area contributed by atoms with Crippen molar-refractivity contribution in [1.29, 1.82) is 0 Å². The van der Waals surface area contributed by atoms with Gasteiger partial charge in [0.15, 0.2) is 0 Å². The van der Waals surface area contributed by atoms with Crippen LogP contribution in [0.2, 0.25) is 0 Å². The average molecular weight is 242 g/mol. The van der Waals surface area contributed by atoms with Crippen LogP contribution in [0, 0.1) is 5.92 Å². The van der Waals surface area contributed by atoms with E-state index in [0.717, 1.165) is 29.7 Å². The van der Waals surface area contributed by atoms with Gasteiger partial charge in [0.2, 0.25) is 0 Å². The Labute approximate surface area is 107 Å². The lowest BCUT2D eigenvalue weighted by Gasteiger charge is -2.07. The number of imidazole rings is 1. The first-order valence-corrected chi connectivity index (χ1v) is 6.69. The molecule has 1 heterocycles. The molecule has 3 rings (SSSR count). The molecule has 0 unspecified atom stereocenters. The normalized spacial score (nSPS) is 16.5. The number of hydrogen-bond donors (Lipinski definition) is 0. The molecular weight excluding hydrogens is 224 g/mol. The second-order valence-corrected chi connectivity index (χ2v) is 5.20. The Morgan fingerprint density at radius 2 is 2.06 bits per heavy atom. The Kier molecular flexibility index (Phi) is 2.90. The van der Waals surface area contributed by atoms with Gasteiger partial charge in [-0.05, 0) is 25.0 Å². The van der Waals surface area contributed by atoms with Gasteiger partial charge in [-0.15, -0.1) is 0 Å². The predicted octanol–water partition coefficient (Wildman–Crippen LogP) is 2.88. The van der Waals surface area contributed by atoms with E-state index in [4.69, 9.17) is 0 Å². The Morgan fingerprint density at radius 3 is 2.78 bits per heavy atom. The third kappa shape index (κ3) is 1.94. The second-order valence-electron chi connectivity index (χ2n) is 5.20. The summed E-state index contributed by atoms with van der Waals surface area (Å²) in [6.07, 6.45) is 5.04. The number of aromatic nitrogens is 2. The van der Waals surface area contributed by atoms with Gasteiger partial charge in [-0.2, -0.15) is 0 Å². The fraction of sp³-hybridized carbons (Fsp3) is 0.467. The fourth-order valence-corrected chi connectivity index (χ4v) is 2.90. The van der Waals surface area contributed by atoms with Gasteiger partial charge < -0.3 is 4.57 Å². The summed E-state index contributed by atoms with van der Waals surface area (Å²) in [6, 6.07) is 8.04. The lowest BCUT2D eigenvalue weighted by atomic mass is 10.00. The number of aryl methyl sites for hydroxylation is 1. The quantitative estimate of drug-likeness (QED) is 0.829. The minimum Gasteiger partial charge on any atom is -0.331 e. The maximum Gasteiger partial charge on any atom is 0.143 e. The average Bonchev–Trinajstić information content (AvgIpc) is 3.00. The van der Waals surface area contributed by atoms with Crippen molar-refractivity contribution in [2.75, 3.05) is 0 Å². The largest absolute Gasteiger partial charge is 0.331 e. The Bertz CT molecular complexity index is 579. The molecule has 3 nitrogen and oxygen atoms in total. The molecule has 1 fully saturated rings. The molecule has 18 heavy (non-hydrogen) atoms. The van der Waals surface area contributed by atoms with Gasteiger partial charge in [0.25, 0.3) is 0 Å². The molecule has 94 valence electrons. The van der Waals surface area contributed by atoms with Crippen LogP contribution in [0.15, 0.2) is 24.3 Å². The lowest BCUT2D eigenvalue weighted by Crippen LogP contribution is -2.15. The number of hydrogen-bond acceptors (Lipinski definition) is 2. The molecule has 0 radical (unpaired) electrons. The molecular formula is C15H18N2O. The molecule has 1 aromatic heterocycles. The number of rotatable bonds is 3. The summed E-state index contributed by atoms with van der Waals surface area (Å²) in [6.45, 7) is 0. The van der Waals surface area contributed by atoms with Crippen molar-refractivity contribution in [3.63, 3.8) is 0 Å². The van der Waals surface area contributed by atoms with Gasteiger partial charge in [-0.3, -0.25) is 4.79 Å². The van der Waals surface area contributed by atoms with Crippen LogP contribution < -0.4 is 0 Å². The smallest absolute Gasteiger partial charge is 0.143 e. The van der Waals surface area contributed by atoms with E-state index < -0.39 is 0 Å². The summed E-state index contributed by atoms with van der Waals surface area (Å²) in [4.78, 5) is 16.8. The molecule has 3 heteroatoms. The fourth-order valence-electron chi connectivity index (χ4n) is 2.90. The lowest BCUT2D eigenvalue weighted by molar-refractivity contribution is -0.122. The number of benzene rings is 1. The van der Waals surface area contributed by atoms with E-state index in [0.29, 0.717) is 12.2 Å². The number of fused-ring (bicyclic) bond motifs is 1. The van der Waals surface area contributed by atoms with Crippen LogP contribution >= 0.6 is 0 Å². The standard InChI is InChI=1S/C15H18N2O/c1-17-13-9-5-4-8-12(13)16-15(17)10-14(18)11-6-2-3-7-11/h4-5,8-9,11H,2-3,6-7,10H2,1H3. The van der Waals surface area contributed by atoms with E-state index in [-0.39, 0.29) is 5.92 Å². The Hall–Kier alpha value is -1.64. The van der Waals surface area contributed by atoms with Gasteiger partial charge in [-0.1, -0.05) is 25.0 Å². The van der Waals surface area contributed by atoms with E-state index in [1.807, 2.05) is 35.9 Å². The van der Waals surface area contributed by atoms with Crippen LogP contribution in [-0.2, 0) is 18.3 Å². The van der Waals surface area contributed by atoms with Crippen LogP contribution in [0.1, 0.15) is 31.5 Å². The number of ketones is 1. The molecule has 0 spiro atoms. The summed E-state index contributed by atoms with van der Waals surface area (Å²) in [7, 11) is 1.99. The molecule has 0 aliphatic heterocycles. The highest BCUT2D eigenvalue weighted by atomic mass is 16.1. The third-order valence-electron chi connectivity index (χ3n) is 4.02. The van der Waals surface area contributed by atoms with Crippen molar-refractivity contribution in [2.24, 2.45) is 13.0 Å². The summed E-state index contributed by atoms with van der Waals surface area (Å²) in [5.41, 5.74) is 2.08. The SMILES string of the molecule is Cn1c(CC(=O)C2CCCC2)nc2ccccc21.